The molecule has 180 valence electrons. The Balaban J connectivity index is 2.08. The number of anilines is 2. The Bertz CT molecular complexity index is 1290. The summed E-state index contributed by atoms with van der Waals surface area (Å²) in [6.45, 7) is 2.77. The summed E-state index contributed by atoms with van der Waals surface area (Å²) in [4.78, 5) is 12.5. The number of ether oxygens (including phenoxy) is 1. The molecule has 1 amide bonds. The highest BCUT2D eigenvalue weighted by atomic mass is 32.2. The summed E-state index contributed by atoms with van der Waals surface area (Å²) in [5, 5.41) is 2.58. The van der Waals surface area contributed by atoms with Crippen LogP contribution in [-0.4, -0.2) is 28.0 Å². The van der Waals surface area contributed by atoms with E-state index in [2.05, 4.69) is 5.32 Å². The normalized spacial score (nSPS) is 11.7. The van der Waals surface area contributed by atoms with Crippen LogP contribution in [0.25, 0.3) is 0 Å². The zero-order valence-corrected chi connectivity index (χ0v) is 19.5. The van der Waals surface area contributed by atoms with Crippen LogP contribution >= 0.6 is 0 Å². The van der Waals surface area contributed by atoms with Gasteiger partial charge in [-0.05, 0) is 61.9 Å². The summed E-state index contributed by atoms with van der Waals surface area (Å²) in [7, 11) is -3.22. The van der Waals surface area contributed by atoms with Crippen LogP contribution in [0.1, 0.15) is 16.7 Å². The van der Waals surface area contributed by atoms with Gasteiger partial charge in [0, 0.05) is 5.69 Å². The first kappa shape index (κ1) is 25.1. The number of nitrogens with zero attached hydrogens (tertiary/aromatic N) is 1. The van der Waals surface area contributed by atoms with Crippen molar-refractivity contribution < 1.29 is 31.1 Å². The van der Waals surface area contributed by atoms with E-state index < -0.39 is 34.2 Å². The minimum atomic E-state index is -4.70. The first-order chi connectivity index (χ1) is 15.9. The number of halogens is 3. The van der Waals surface area contributed by atoms with Gasteiger partial charge in [0.15, 0.2) is 0 Å². The van der Waals surface area contributed by atoms with Gasteiger partial charge in [-0.2, -0.15) is 13.2 Å². The average molecular weight is 493 g/mol. The Labute approximate surface area is 196 Å². The van der Waals surface area contributed by atoms with Gasteiger partial charge in [-0.25, -0.2) is 8.42 Å². The van der Waals surface area contributed by atoms with E-state index in [-0.39, 0.29) is 16.3 Å². The summed E-state index contributed by atoms with van der Waals surface area (Å²) >= 11 is 0. The fourth-order valence-electron chi connectivity index (χ4n) is 3.22. The van der Waals surface area contributed by atoms with Crippen molar-refractivity contribution in [1.82, 2.24) is 0 Å². The van der Waals surface area contributed by atoms with Gasteiger partial charge in [-0.1, -0.05) is 29.8 Å². The molecule has 3 rings (SSSR count). The third-order valence-electron chi connectivity index (χ3n) is 4.97. The molecule has 0 spiro atoms. The van der Waals surface area contributed by atoms with Crippen molar-refractivity contribution >= 4 is 27.3 Å². The molecule has 0 aliphatic rings. The highest BCUT2D eigenvalue weighted by Gasteiger charge is 2.34. The van der Waals surface area contributed by atoms with Crippen molar-refractivity contribution in [3.8, 4) is 5.75 Å². The third-order valence-corrected chi connectivity index (χ3v) is 6.77. The van der Waals surface area contributed by atoms with Gasteiger partial charge in [0.2, 0.25) is 5.91 Å². The van der Waals surface area contributed by atoms with E-state index in [0.29, 0.717) is 21.6 Å². The van der Waals surface area contributed by atoms with Crippen molar-refractivity contribution in [2.75, 3.05) is 23.3 Å². The second-order valence-corrected chi connectivity index (χ2v) is 9.46. The van der Waals surface area contributed by atoms with Crippen LogP contribution in [0.5, 0.6) is 5.75 Å². The quantitative estimate of drug-likeness (QED) is 0.494. The monoisotopic (exact) mass is 492 g/mol. The first-order valence-electron chi connectivity index (χ1n) is 10.1. The summed E-state index contributed by atoms with van der Waals surface area (Å²) in [5.41, 5.74) is 0.619. The van der Waals surface area contributed by atoms with E-state index in [1.165, 1.54) is 25.3 Å². The summed E-state index contributed by atoms with van der Waals surface area (Å²) in [6, 6.07) is 15.0. The number of hydrogen-bond acceptors (Lipinski definition) is 4. The molecule has 10 heteroatoms. The van der Waals surface area contributed by atoms with Crippen LogP contribution in [0, 0.1) is 13.8 Å². The zero-order chi connectivity index (χ0) is 25.1. The molecule has 6 nitrogen and oxygen atoms in total. The Kier molecular flexibility index (Phi) is 7.21. The van der Waals surface area contributed by atoms with Gasteiger partial charge in [0.25, 0.3) is 10.0 Å². The molecule has 0 saturated carbocycles. The Morgan fingerprint density at radius 3 is 2.24 bits per heavy atom. The molecule has 0 radical (unpaired) electrons. The molecule has 0 unspecified atom stereocenters. The molecule has 0 atom stereocenters. The minimum absolute atomic E-state index is 0.00141. The van der Waals surface area contributed by atoms with E-state index in [1.54, 1.807) is 37.3 Å². The number of amides is 1. The number of carbonyl (C=O) groups is 1. The average Bonchev–Trinajstić information content (AvgIpc) is 2.78. The van der Waals surface area contributed by atoms with Crippen LogP contribution in [-0.2, 0) is 21.0 Å². The van der Waals surface area contributed by atoms with Gasteiger partial charge < -0.3 is 10.1 Å². The molecule has 0 fully saturated rings. The number of carbonyl (C=O) groups excluding carboxylic acids is 1. The van der Waals surface area contributed by atoms with Crippen LogP contribution in [0.4, 0.5) is 24.5 Å². The molecule has 34 heavy (non-hydrogen) atoms. The van der Waals surface area contributed by atoms with Crippen molar-refractivity contribution in [2.45, 2.75) is 24.9 Å². The molecule has 0 bridgehead atoms. The van der Waals surface area contributed by atoms with Gasteiger partial charge >= 0.3 is 6.18 Å². The topological polar surface area (TPSA) is 75.7 Å². The first-order valence-corrected chi connectivity index (χ1v) is 11.6. The summed E-state index contributed by atoms with van der Waals surface area (Å²) in [5.74, 6) is -0.724. The lowest BCUT2D eigenvalue weighted by Crippen LogP contribution is -2.38. The van der Waals surface area contributed by atoms with E-state index in [0.717, 1.165) is 17.7 Å². The highest BCUT2D eigenvalue weighted by molar-refractivity contribution is 7.93. The number of benzene rings is 3. The van der Waals surface area contributed by atoms with Crippen molar-refractivity contribution in [2.24, 2.45) is 0 Å². The molecule has 0 aromatic heterocycles. The number of aryl methyl sites for hydroxylation is 2. The molecule has 0 heterocycles. The second kappa shape index (κ2) is 9.76. The van der Waals surface area contributed by atoms with E-state index in [9.17, 15) is 26.4 Å². The van der Waals surface area contributed by atoms with Gasteiger partial charge in [-0.3, -0.25) is 9.10 Å². The Morgan fingerprint density at radius 1 is 0.971 bits per heavy atom. The lowest BCUT2D eigenvalue weighted by atomic mass is 10.2. The maximum atomic E-state index is 13.6. The third kappa shape index (κ3) is 5.69. The van der Waals surface area contributed by atoms with Crippen molar-refractivity contribution in [1.29, 1.82) is 0 Å². The maximum absolute atomic E-state index is 13.6. The predicted octanol–water partition coefficient (Wildman–Crippen LogP) is 5.16. The molecule has 3 aromatic carbocycles. The number of methoxy groups -OCH3 is 1. The van der Waals surface area contributed by atoms with Gasteiger partial charge in [0.05, 0.1) is 18.4 Å². The number of alkyl halides is 3. The summed E-state index contributed by atoms with van der Waals surface area (Å²) < 4.78 is 73.1. The fourth-order valence-corrected chi connectivity index (χ4v) is 4.88. The smallest absolute Gasteiger partial charge is 0.416 e. The van der Waals surface area contributed by atoms with Gasteiger partial charge in [0.1, 0.15) is 17.2 Å². The molecular weight excluding hydrogens is 469 g/mol. The van der Waals surface area contributed by atoms with E-state index in [4.69, 9.17) is 4.74 Å². The van der Waals surface area contributed by atoms with E-state index >= 15 is 0 Å². The number of nitrogens with one attached hydrogen (secondary N) is 1. The molecular formula is C24H23F3N2O4S. The van der Waals surface area contributed by atoms with E-state index in [1.807, 2.05) is 6.92 Å². The SMILES string of the molecule is COc1ccc(C)cc1S(=O)(=O)N(CC(=O)Nc1ccc(C)cc1)c1cccc(C(F)(F)F)c1. The Morgan fingerprint density at radius 2 is 1.62 bits per heavy atom. The molecule has 0 aliphatic carbocycles. The van der Waals surface area contributed by atoms with Crippen molar-refractivity contribution in [3.05, 3.63) is 83.4 Å². The van der Waals surface area contributed by atoms with Crippen molar-refractivity contribution in [3.63, 3.8) is 0 Å². The molecule has 0 aliphatic heterocycles. The number of hydrogen-bond donors (Lipinski definition) is 1. The van der Waals surface area contributed by atoms with Gasteiger partial charge in [-0.15, -0.1) is 0 Å². The van der Waals surface area contributed by atoms with Crippen LogP contribution in [0.15, 0.2) is 71.6 Å². The molecule has 0 saturated heterocycles. The largest absolute Gasteiger partial charge is 0.495 e. The molecule has 1 N–H and O–H groups in total. The lowest BCUT2D eigenvalue weighted by molar-refractivity contribution is -0.137. The Hall–Kier alpha value is -3.53. The maximum Gasteiger partial charge on any atom is 0.416 e. The zero-order valence-electron chi connectivity index (χ0n) is 18.7. The van der Waals surface area contributed by atoms with Crippen LogP contribution in [0.2, 0.25) is 0 Å². The minimum Gasteiger partial charge on any atom is -0.495 e. The predicted molar refractivity (Wildman–Crippen MR) is 124 cm³/mol. The van der Waals surface area contributed by atoms with Crippen LogP contribution < -0.4 is 14.4 Å². The van der Waals surface area contributed by atoms with Crippen LogP contribution in [0.3, 0.4) is 0 Å². The highest BCUT2D eigenvalue weighted by Crippen LogP contribution is 2.35. The summed E-state index contributed by atoms with van der Waals surface area (Å²) in [6.07, 6.45) is -4.70. The molecule has 3 aromatic rings. The number of sulfonamides is 1. The number of rotatable bonds is 7. The standard InChI is InChI=1S/C24H23F3N2O4S/c1-16-7-10-19(11-8-16)28-23(30)15-29(20-6-4-5-18(14-20)24(25,26)27)34(31,32)22-13-17(2)9-12-21(22)33-3/h4-14H,15H2,1-3H3,(H,28,30). The lowest BCUT2D eigenvalue weighted by Gasteiger charge is -2.26. The fraction of sp³-hybridized carbons (Fsp3) is 0.208. The second-order valence-electron chi connectivity index (χ2n) is 7.63.